The van der Waals surface area contributed by atoms with Crippen LogP contribution in [-0.2, 0) is 21.2 Å². The lowest BCUT2D eigenvalue weighted by molar-refractivity contribution is -0.115. The summed E-state index contributed by atoms with van der Waals surface area (Å²) in [4.78, 5) is 12.5. The lowest BCUT2D eigenvalue weighted by Crippen LogP contribution is -2.17. The molecule has 2 N–H and O–H groups in total. The van der Waals surface area contributed by atoms with Crippen LogP contribution in [0.1, 0.15) is 28.1 Å². The zero-order chi connectivity index (χ0) is 21.2. The summed E-state index contributed by atoms with van der Waals surface area (Å²) in [5.41, 5.74) is 3.79. The van der Waals surface area contributed by atoms with Gasteiger partial charge in [-0.2, -0.15) is 0 Å². The van der Waals surface area contributed by atoms with Gasteiger partial charge in [-0.15, -0.1) is 0 Å². The maximum atomic E-state index is 12.9. The Bertz CT molecular complexity index is 1150. The molecule has 0 unspecified atom stereocenters. The Morgan fingerprint density at radius 1 is 1.03 bits per heavy atom. The van der Waals surface area contributed by atoms with Gasteiger partial charge in [0, 0.05) is 16.9 Å². The maximum Gasteiger partial charge on any atom is 0.262 e. The third-order valence-electron chi connectivity index (χ3n) is 4.55. The molecule has 29 heavy (non-hydrogen) atoms. The minimum Gasteiger partial charge on any atom is -0.361 e. The summed E-state index contributed by atoms with van der Waals surface area (Å²) in [7, 11) is -3.81. The van der Waals surface area contributed by atoms with Crippen molar-refractivity contribution in [1.29, 1.82) is 0 Å². The van der Waals surface area contributed by atoms with Gasteiger partial charge in [-0.1, -0.05) is 23.4 Å². The van der Waals surface area contributed by atoms with Crippen LogP contribution in [0.5, 0.6) is 0 Å². The topological polar surface area (TPSA) is 101 Å². The Labute approximate surface area is 170 Å². The van der Waals surface area contributed by atoms with Crippen LogP contribution in [0, 0.1) is 27.7 Å². The second-order valence-electron chi connectivity index (χ2n) is 6.98. The molecular formula is C21H23N3O4S. The molecule has 0 aliphatic rings. The lowest BCUT2D eigenvalue weighted by Gasteiger charge is -2.13. The number of benzene rings is 2. The minimum absolute atomic E-state index is 0.0959. The third-order valence-corrected chi connectivity index (χ3v) is 6.07. The highest BCUT2D eigenvalue weighted by Gasteiger charge is 2.19. The van der Waals surface area contributed by atoms with E-state index in [0.717, 1.165) is 11.1 Å². The highest BCUT2D eigenvalue weighted by atomic mass is 32.2. The van der Waals surface area contributed by atoms with Crippen LogP contribution in [0.15, 0.2) is 51.9 Å². The van der Waals surface area contributed by atoms with Gasteiger partial charge in [-0.3, -0.25) is 9.52 Å². The molecule has 3 aromatic rings. The Morgan fingerprint density at radius 2 is 1.79 bits per heavy atom. The number of rotatable bonds is 6. The fourth-order valence-electron chi connectivity index (χ4n) is 3.01. The summed E-state index contributed by atoms with van der Waals surface area (Å²) in [5.74, 6) is 0.311. The maximum absolute atomic E-state index is 12.9. The van der Waals surface area contributed by atoms with Gasteiger partial charge in [0.1, 0.15) is 5.76 Å². The smallest absolute Gasteiger partial charge is 0.262 e. The van der Waals surface area contributed by atoms with Crippen LogP contribution in [0.4, 0.5) is 11.4 Å². The van der Waals surface area contributed by atoms with E-state index in [1.54, 1.807) is 51.1 Å². The second kappa shape index (κ2) is 8.08. The molecule has 1 heterocycles. The van der Waals surface area contributed by atoms with Crippen LogP contribution < -0.4 is 10.0 Å². The number of sulfonamides is 1. The first-order chi connectivity index (χ1) is 13.7. The summed E-state index contributed by atoms with van der Waals surface area (Å²) in [6.45, 7) is 7.11. The summed E-state index contributed by atoms with van der Waals surface area (Å²) >= 11 is 0. The van der Waals surface area contributed by atoms with Gasteiger partial charge in [0.05, 0.1) is 17.0 Å². The molecule has 8 heteroatoms. The molecule has 0 spiro atoms. The predicted octanol–water partition coefficient (Wildman–Crippen LogP) is 3.89. The lowest BCUT2D eigenvalue weighted by atomic mass is 10.1. The van der Waals surface area contributed by atoms with Crippen molar-refractivity contribution in [3.8, 4) is 0 Å². The molecule has 152 valence electrons. The first-order valence-corrected chi connectivity index (χ1v) is 10.6. The van der Waals surface area contributed by atoms with Crippen LogP contribution in [0.25, 0.3) is 0 Å². The number of aromatic nitrogens is 1. The van der Waals surface area contributed by atoms with Crippen LogP contribution in [0.2, 0.25) is 0 Å². The number of hydrogen-bond donors (Lipinski definition) is 2. The molecule has 0 saturated carbocycles. The predicted molar refractivity (Wildman–Crippen MR) is 111 cm³/mol. The Morgan fingerprint density at radius 3 is 2.45 bits per heavy atom. The molecule has 0 bridgehead atoms. The van der Waals surface area contributed by atoms with Crippen molar-refractivity contribution in [2.24, 2.45) is 0 Å². The van der Waals surface area contributed by atoms with E-state index in [9.17, 15) is 13.2 Å². The molecule has 0 saturated heterocycles. The van der Waals surface area contributed by atoms with Gasteiger partial charge in [0.25, 0.3) is 10.0 Å². The van der Waals surface area contributed by atoms with E-state index >= 15 is 0 Å². The third kappa shape index (κ3) is 4.83. The summed E-state index contributed by atoms with van der Waals surface area (Å²) < 4.78 is 33.4. The highest BCUT2D eigenvalue weighted by Crippen LogP contribution is 2.24. The second-order valence-corrected chi connectivity index (χ2v) is 8.63. The van der Waals surface area contributed by atoms with Gasteiger partial charge in [0.2, 0.25) is 5.91 Å². The van der Waals surface area contributed by atoms with Gasteiger partial charge in [-0.25, -0.2) is 8.42 Å². The average molecular weight is 413 g/mol. The van der Waals surface area contributed by atoms with Crippen molar-refractivity contribution < 1.29 is 17.7 Å². The number of hydrogen-bond acceptors (Lipinski definition) is 5. The van der Waals surface area contributed by atoms with Crippen molar-refractivity contribution in [3.63, 3.8) is 0 Å². The quantitative estimate of drug-likeness (QED) is 0.638. The molecule has 0 aliphatic heterocycles. The van der Waals surface area contributed by atoms with Gasteiger partial charge >= 0.3 is 0 Å². The van der Waals surface area contributed by atoms with E-state index in [0.29, 0.717) is 28.4 Å². The van der Waals surface area contributed by atoms with E-state index in [2.05, 4.69) is 15.2 Å². The molecule has 7 nitrogen and oxygen atoms in total. The summed E-state index contributed by atoms with van der Waals surface area (Å²) in [6.07, 6.45) is 0.0959. The zero-order valence-corrected chi connectivity index (χ0v) is 17.6. The number of carbonyl (C=O) groups is 1. The Kier molecular flexibility index (Phi) is 5.74. The highest BCUT2D eigenvalue weighted by molar-refractivity contribution is 7.92. The summed E-state index contributed by atoms with van der Waals surface area (Å²) in [6, 6.07) is 11.9. The summed E-state index contributed by atoms with van der Waals surface area (Å²) in [5, 5.41) is 6.58. The molecule has 2 aromatic carbocycles. The van der Waals surface area contributed by atoms with Crippen LogP contribution >= 0.6 is 0 Å². The fourth-order valence-corrected chi connectivity index (χ4v) is 4.33. The van der Waals surface area contributed by atoms with Gasteiger partial charge in [-0.05, 0) is 63.1 Å². The Balaban J connectivity index is 1.81. The number of carbonyl (C=O) groups excluding carboxylic acids is 1. The molecule has 0 fully saturated rings. The first-order valence-electron chi connectivity index (χ1n) is 9.07. The van der Waals surface area contributed by atoms with E-state index < -0.39 is 10.0 Å². The Hall–Kier alpha value is -3.13. The number of anilines is 2. The standard InChI is InChI=1S/C21H23N3O4S/c1-13-6-5-7-18(10-13)24-29(26,27)20-11-17(9-8-14(20)2)22-21(25)12-19-15(3)23-28-16(19)4/h5-11,24H,12H2,1-4H3,(H,22,25). The van der Waals surface area contributed by atoms with E-state index in [1.807, 2.05) is 13.0 Å². The number of aryl methyl sites for hydroxylation is 4. The molecule has 0 radical (unpaired) electrons. The van der Waals surface area contributed by atoms with Crippen molar-refractivity contribution in [3.05, 3.63) is 70.6 Å². The number of nitrogens with one attached hydrogen (secondary N) is 2. The molecule has 3 rings (SSSR count). The first kappa shape index (κ1) is 20.6. The molecule has 0 atom stereocenters. The van der Waals surface area contributed by atoms with E-state index in [4.69, 9.17) is 4.52 Å². The minimum atomic E-state index is -3.81. The largest absolute Gasteiger partial charge is 0.361 e. The average Bonchev–Trinajstić information content (AvgIpc) is 2.95. The van der Waals surface area contributed by atoms with Crippen molar-refractivity contribution in [1.82, 2.24) is 5.16 Å². The van der Waals surface area contributed by atoms with E-state index in [-0.39, 0.29) is 17.2 Å². The number of amides is 1. The van der Waals surface area contributed by atoms with Crippen molar-refractivity contribution >= 4 is 27.3 Å². The van der Waals surface area contributed by atoms with Gasteiger partial charge < -0.3 is 9.84 Å². The van der Waals surface area contributed by atoms with Crippen LogP contribution in [-0.4, -0.2) is 19.5 Å². The fraction of sp³-hybridized carbons (Fsp3) is 0.238. The molecular weight excluding hydrogens is 390 g/mol. The normalized spacial score (nSPS) is 11.3. The van der Waals surface area contributed by atoms with E-state index in [1.165, 1.54) is 6.07 Å². The molecule has 1 aromatic heterocycles. The van der Waals surface area contributed by atoms with Crippen LogP contribution in [0.3, 0.4) is 0 Å². The van der Waals surface area contributed by atoms with Crippen molar-refractivity contribution in [2.75, 3.05) is 10.0 Å². The molecule has 1 amide bonds. The SMILES string of the molecule is Cc1cccc(NS(=O)(=O)c2cc(NC(=O)Cc3c(C)noc3C)ccc2C)c1. The zero-order valence-electron chi connectivity index (χ0n) is 16.7. The monoisotopic (exact) mass is 413 g/mol. The van der Waals surface area contributed by atoms with Gasteiger partial charge in [0.15, 0.2) is 0 Å². The number of nitrogens with zero attached hydrogens (tertiary/aromatic N) is 1. The van der Waals surface area contributed by atoms with Crippen molar-refractivity contribution in [2.45, 2.75) is 39.0 Å². The molecule has 0 aliphatic carbocycles.